The molecular formula is C28H27N7O3S. The number of thiophene rings is 1. The molecule has 0 fully saturated rings. The minimum absolute atomic E-state index is 0.119. The predicted molar refractivity (Wildman–Crippen MR) is 153 cm³/mol. The molecule has 5 aromatic rings. The van der Waals surface area contributed by atoms with Crippen molar-refractivity contribution in [1.29, 1.82) is 0 Å². The maximum Gasteiger partial charge on any atom is 0.287 e. The molecule has 0 spiro atoms. The Morgan fingerprint density at radius 1 is 1.10 bits per heavy atom. The van der Waals surface area contributed by atoms with Crippen LogP contribution in [0.15, 0.2) is 65.5 Å². The van der Waals surface area contributed by atoms with Gasteiger partial charge in [0.1, 0.15) is 5.69 Å². The summed E-state index contributed by atoms with van der Waals surface area (Å²) in [6, 6.07) is 18.8. The smallest absolute Gasteiger partial charge is 0.287 e. The summed E-state index contributed by atoms with van der Waals surface area (Å²) < 4.78 is 2.98. The van der Waals surface area contributed by atoms with E-state index in [-0.39, 0.29) is 18.1 Å². The van der Waals surface area contributed by atoms with E-state index < -0.39 is 0 Å². The van der Waals surface area contributed by atoms with Gasteiger partial charge in [0, 0.05) is 41.7 Å². The number of benzene rings is 2. The van der Waals surface area contributed by atoms with Crippen LogP contribution < -0.4 is 16.2 Å². The Bertz CT molecular complexity index is 1710. The summed E-state index contributed by atoms with van der Waals surface area (Å²) in [7, 11) is 2.06. The van der Waals surface area contributed by atoms with E-state index in [1.54, 1.807) is 12.1 Å². The molecule has 39 heavy (non-hydrogen) atoms. The van der Waals surface area contributed by atoms with Gasteiger partial charge in [-0.05, 0) is 48.7 Å². The summed E-state index contributed by atoms with van der Waals surface area (Å²) in [5.74, 6) is 0.363. The summed E-state index contributed by atoms with van der Waals surface area (Å²) >= 11 is 1.43. The average Bonchev–Trinajstić information content (AvgIpc) is 3.54. The van der Waals surface area contributed by atoms with E-state index in [1.807, 2.05) is 53.2 Å². The van der Waals surface area contributed by atoms with Gasteiger partial charge in [0.15, 0.2) is 5.82 Å². The summed E-state index contributed by atoms with van der Waals surface area (Å²) in [4.78, 5) is 28.6. The second kappa shape index (κ2) is 10.4. The van der Waals surface area contributed by atoms with E-state index >= 15 is 0 Å². The highest BCUT2D eigenvalue weighted by Crippen LogP contribution is 2.31. The number of carbonyl (C=O) groups excluding carboxylic acids is 1. The van der Waals surface area contributed by atoms with Crippen molar-refractivity contribution in [2.45, 2.75) is 19.5 Å². The zero-order valence-corrected chi connectivity index (χ0v) is 22.1. The Morgan fingerprint density at radius 2 is 1.97 bits per heavy atom. The van der Waals surface area contributed by atoms with Gasteiger partial charge in [-0.2, -0.15) is 10.2 Å². The van der Waals surface area contributed by atoms with E-state index in [0.29, 0.717) is 39.7 Å². The lowest BCUT2D eigenvalue weighted by molar-refractivity contribution is 0.103. The third-order valence-corrected chi connectivity index (χ3v) is 7.88. The van der Waals surface area contributed by atoms with Gasteiger partial charge in [0.05, 0.1) is 22.8 Å². The minimum Gasteiger partial charge on any atom is -0.396 e. The van der Waals surface area contributed by atoms with Gasteiger partial charge in [0.25, 0.3) is 11.5 Å². The molecule has 11 heteroatoms. The lowest BCUT2D eigenvalue weighted by Crippen LogP contribution is -2.30. The van der Waals surface area contributed by atoms with Crippen molar-refractivity contribution in [3.05, 3.63) is 87.2 Å². The molecule has 0 saturated carbocycles. The number of hydrogen-bond acceptors (Lipinski definition) is 8. The number of aromatic amines is 1. The summed E-state index contributed by atoms with van der Waals surface area (Å²) in [6.45, 7) is 2.37. The predicted octanol–water partition coefficient (Wildman–Crippen LogP) is 3.82. The van der Waals surface area contributed by atoms with Gasteiger partial charge in [-0.3, -0.25) is 19.2 Å². The lowest BCUT2D eigenvalue weighted by Gasteiger charge is -2.22. The van der Waals surface area contributed by atoms with E-state index in [2.05, 4.69) is 37.9 Å². The lowest BCUT2D eigenvalue weighted by atomic mass is 9.99. The minimum atomic E-state index is -0.375. The molecule has 198 valence electrons. The average molecular weight is 542 g/mol. The number of carbonyl (C=O) groups is 1. The van der Waals surface area contributed by atoms with Crippen molar-refractivity contribution < 1.29 is 9.90 Å². The van der Waals surface area contributed by atoms with Crippen molar-refractivity contribution in [1.82, 2.24) is 24.9 Å². The molecule has 0 aliphatic carbocycles. The zero-order chi connectivity index (χ0) is 26.9. The van der Waals surface area contributed by atoms with E-state index in [1.165, 1.54) is 11.3 Å². The van der Waals surface area contributed by atoms with Crippen LogP contribution in [0.25, 0.3) is 21.3 Å². The number of fused-ring (bicyclic) bond motifs is 2. The monoisotopic (exact) mass is 541 g/mol. The fourth-order valence-electron chi connectivity index (χ4n) is 4.84. The van der Waals surface area contributed by atoms with E-state index in [9.17, 15) is 14.7 Å². The van der Waals surface area contributed by atoms with Gasteiger partial charge in [-0.15, -0.1) is 11.3 Å². The van der Waals surface area contributed by atoms with Crippen LogP contribution in [0, 0.1) is 0 Å². The first-order valence-corrected chi connectivity index (χ1v) is 13.5. The number of H-pyrrole nitrogens is 1. The van der Waals surface area contributed by atoms with Crippen LogP contribution >= 0.6 is 11.3 Å². The van der Waals surface area contributed by atoms with Crippen LogP contribution in [-0.2, 0) is 19.5 Å². The largest absolute Gasteiger partial charge is 0.396 e. The number of likely N-dealkylation sites (N-methyl/N-ethyl adjacent to an activating group) is 1. The molecule has 0 bridgehead atoms. The number of nitrogens with one attached hydrogen (secondary N) is 3. The first-order chi connectivity index (χ1) is 19.0. The van der Waals surface area contributed by atoms with Crippen LogP contribution in [0.3, 0.4) is 0 Å². The first-order valence-electron chi connectivity index (χ1n) is 12.6. The van der Waals surface area contributed by atoms with Crippen LogP contribution in [0.5, 0.6) is 0 Å². The Kier molecular flexibility index (Phi) is 6.69. The van der Waals surface area contributed by atoms with Gasteiger partial charge < -0.3 is 15.7 Å². The number of anilines is 3. The molecule has 3 aromatic heterocycles. The Labute approximate surface area is 227 Å². The molecule has 1 amide bonds. The van der Waals surface area contributed by atoms with Crippen LogP contribution in [0.4, 0.5) is 17.2 Å². The number of aliphatic hydroxyl groups is 1. The van der Waals surface area contributed by atoms with Crippen LogP contribution in [-0.4, -0.2) is 56.1 Å². The molecule has 4 N–H and O–H groups in total. The number of amides is 1. The highest BCUT2D eigenvalue weighted by Gasteiger charge is 2.19. The maximum atomic E-state index is 13.1. The molecule has 0 saturated heterocycles. The van der Waals surface area contributed by atoms with Gasteiger partial charge >= 0.3 is 0 Å². The standard InChI is InChI=1S/C28H27N7O3S/c1-34-10-11-35-18(16-34)14-26(33-35)29-23-15-22(31-32-27(23)37)19-6-4-7-21(20(19)9-12-36)30-28(38)25-13-17-5-2-3-8-24(17)39-25/h2-8,13-15,36H,9-12,16H2,1H3,(H,30,38)(H,32,37)(H,29,31,33). The van der Waals surface area contributed by atoms with Gasteiger partial charge in [-0.25, -0.2) is 5.10 Å². The van der Waals surface area contributed by atoms with E-state index in [0.717, 1.165) is 41.0 Å². The summed E-state index contributed by atoms with van der Waals surface area (Å²) in [5.41, 5.74) is 3.51. The second-order valence-electron chi connectivity index (χ2n) is 9.51. The molecule has 0 radical (unpaired) electrons. The quantitative estimate of drug-likeness (QED) is 0.247. The number of hydrogen-bond donors (Lipinski definition) is 4. The third-order valence-electron chi connectivity index (χ3n) is 6.77. The van der Waals surface area contributed by atoms with Gasteiger partial charge in [-0.1, -0.05) is 30.3 Å². The molecule has 1 aliphatic heterocycles. The number of aliphatic hydroxyl groups excluding tert-OH is 1. The molecule has 1 aliphatic rings. The number of rotatable bonds is 7. The van der Waals surface area contributed by atoms with Crippen molar-refractivity contribution in [2.24, 2.45) is 0 Å². The zero-order valence-electron chi connectivity index (χ0n) is 21.3. The van der Waals surface area contributed by atoms with E-state index in [4.69, 9.17) is 0 Å². The summed E-state index contributed by atoms with van der Waals surface area (Å²) in [5, 5.41) is 28.4. The molecule has 2 aromatic carbocycles. The Morgan fingerprint density at radius 3 is 2.82 bits per heavy atom. The Balaban J connectivity index is 1.30. The molecule has 0 unspecified atom stereocenters. The topological polar surface area (TPSA) is 128 Å². The number of aromatic nitrogens is 4. The van der Waals surface area contributed by atoms with Crippen LogP contribution in [0.2, 0.25) is 0 Å². The fourth-order valence-corrected chi connectivity index (χ4v) is 5.79. The molecule has 0 atom stereocenters. The van der Waals surface area contributed by atoms with Gasteiger partial charge in [0.2, 0.25) is 0 Å². The first kappa shape index (κ1) is 25.0. The maximum absolute atomic E-state index is 13.1. The summed E-state index contributed by atoms with van der Waals surface area (Å²) in [6.07, 6.45) is 0.295. The highest BCUT2D eigenvalue weighted by molar-refractivity contribution is 7.20. The highest BCUT2D eigenvalue weighted by atomic mass is 32.1. The molecule has 4 heterocycles. The SMILES string of the molecule is CN1CCn2nc(Nc3cc(-c4cccc(NC(=O)c5cc6ccccc6s5)c4CCO)n[nH]c3=O)cc2C1. The third kappa shape index (κ3) is 5.07. The second-order valence-corrected chi connectivity index (χ2v) is 10.6. The Hall–Kier alpha value is -4.32. The number of nitrogens with zero attached hydrogens (tertiary/aromatic N) is 4. The normalized spacial score (nSPS) is 13.4. The van der Waals surface area contributed by atoms with Crippen molar-refractivity contribution in [3.63, 3.8) is 0 Å². The van der Waals surface area contributed by atoms with Crippen LogP contribution in [0.1, 0.15) is 20.9 Å². The molecular weight excluding hydrogens is 514 g/mol. The fraction of sp³-hybridized carbons (Fsp3) is 0.214. The molecule has 10 nitrogen and oxygen atoms in total. The van der Waals surface area contributed by atoms with Crippen molar-refractivity contribution in [2.75, 3.05) is 30.8 Å². The molecule has 6 rings (SSSR count). The van der Waals surface area contributed by atoms with Crippen molar-refractivity contribution >= 4 is 44.5 Å². The van der Waals surface area contributed by atoms with Crippen molar-refractivity contribution in [3.8, 4) is 11.3 Å².